The molecule has 5 rings (SSSR count). The van der Waals surface area contributed by atoms with Crippen LogP contribution in [0.25, 0.3) is 21.5 Å². The van der Waals surface area contributed by atoms with E-state index in [-0.39, 0.29) is 0 Å². The van der Waals surface area contributed by atoms with Crippen LogP contribution in [0.15, 0.2) is 95.4 Å². The lowest BCUT2D eigenvalue weighted by atomic mass is 10.1. The summed E-state index contributed by atoms with van der Waals surface area (Å²) < 4.78 is 0. The molecule has 0 atom stereocenters. The smallest absolute Gasteiger partial charge is 0.176 e. The molecule has 0 aliphatic carbocycles. The molecule has 3 aromatic carbocycles. The molecule has 154 valence electrons. The van der Waals surface area contributed by atoms with Gasteiger partial charge < -0.3 is 0 Å². The molecule has 0 aliphatic rings. The first kappa shape index (κ1) is 19.3. The fourth-order valence-corrected chi connectivity index (χ4v) is 3.28. The van der Waals surface area contributed by atoms with Crippen LogP contribution in [0.5, 0.6) is 0 Å². The largest absolute Gasteiger partial charge is 0.259 e. The Morgan fingerprint density at radius 1 is 0.594 bits per heavy atom. The summed E-state index contributed by atoms with van der Waals surface area (Å²) in [6.45, 7) is 0. The normalized spacial score (nSPS) is 11.5. The monoisotopic (exact) mass is 418 g/mol. The standard InChI is InChI=1S/C24H18N8/c1-3-10-21-19(8-1)15-27-31-23(21)29-25-13-17-6-5-7-18(12-17)14-26-30-24-22-11-4-2-9-20(22)16-28-32-24/h1-16H,(H,29,31)(H,30,32)/b25-13+,26-14+. The number of hydrogen-bond donors (Lipinski definition) is 2. The lowest BCUT2D eigenvalue weighted by Crippen LogP contribution is -1.97. The highest BCUT2D eigenvalue weighted by molar-refractivity contribution is 5.93. The molecule has 0 unspecified atom stereocenters. The highest BCUT2D eigenvalue weighted by Crippen LogP contribution is 2.20. The Labute approximate surface area is 183 Å². The minimum atomic E-state index is 0.609. The second kappa shape index (κ2) is 8.97. The molecular formula is C24H18N8. The van der Waals surface area contributed by atoms with Crippen molar-refractivity contribution in [2.45, 2.75) is 0 Å². The van der Waals surface area contributed by atoms with E-state index in [0.29, 0.717) is 11.6 Å². The van der Waals surface area contributed by atoms with E-state index in [9.17, 15) is 0 Å². The van der Waals surface area contributed by atoms with Crippen LogP contribution >= 0.6 is 0 Å². The van der Waals surface area contributed by atoms with Crippen LogP contribution < -0.4 is 10.9 Å². The third-order valence-electron chi connectivity index (χ3n) is 4.82. The van der Waals surface area contributed by atoms with Crippen molar-refractivity contribution in [2.75, 3.05) is 10.9 Å². The van der Waals surface area contributed by atoms with Gasteiger partial charge in [0.25, 0.3) is 0 Å². The molecule has 2 N–H and O–H groups in total. The summed E-state index contributed by atoms with van der Waals surface area (Å²) in [6.07, 6.45) is 6.91. The molecular weight excluding hydrogens is 400 g/mol. The fraction of sp³-hybridized carbons (Fsp3) is 0. The molecule has 2 aromatic heterocycles. The lowest BCUT2D eigenvalue weighted by molar-refractivity contribution is 1.04. The zero-order valence-corrected chi connectivity index (χ0v) is 16.9. The number of anilines is 2. The molecule has 0 bridgehead atoms. The summed E-state index contributed by atoms with van der Waals surface area (Å²) in [5, 5.41) is 28.8. The molecule has 8 heteroatoms. The van der Waals surface area contributed by atoms with Crippen molar-refractivity contribution in [2.24, 2.45) is 10.2 Å². The maximum atomic E-state index is 4.31. The Kier molecular flexibility index (Phi) is 5.40. The minimum absolute atomic E-state index is 0.609. The van der Waals surface area contributed by atoms with Crippen LogP contribution in [-0.4, -0.2) is 32.8 Å². The summed E-state index contributed by atoms with van der Waals surface area (Å²) in [5.74, 6) is 1.22. The van der Waals surface area contributed by atoms with Crippen molar-refractivity contribution in [1.82, 2.24) is 20.4 Å². The number of nitrogens with one attached hydrogen (secondary N) is 2. The first-order chi connectivity index (χ1) is 15.9. The molecule has 0 saturated carbocycles. The molecule has 0 aliphatic heterocycles. The van der Waals surface area contributed by atoms with Crippen LogP contribution in [0.2, 0.25) is 0 Å². The Morgan fingerprint density at radius 2 is 1.09 bits per heavy atom. The Bertz CT molecular complexity index is 1330. The minimum Gasteiger partial charge on any atom is -0.259 e. The van der Waals surface area contributed by atoms with E-state index in [1.165, 1.54) is 0 Å². The van der Waals surface area contributed by atoms with E-state index in [0.717, 1.165) is 32.7 Å². The number of hydrogen-bond acceptors (Lipinski definition) is 8. The highest BCUT2D eigenvalue weighted by Gasteiger charge is 2.02. The average Bonchev–Trinajstić information content (AvgIpc) is 2.85. The zero-order chi connectivity index (χ0) is 21.6. The van der Waals surface area contributed by atoms with Gasteiger partial charge in [0, 0.05) is 21.5 Å². The van der Waals surface area contributed by atoms with Crippen molar-refractivity contribution in [3.05, 3.63) is 96.3 Å². The van der Waals surface area contributed by atoms with Gasteiger partial charge in [-0.05, 0) is 17.2 Å². The van der Waals surface area contributed by atoms with Crippen LogP contribution in [-0.2, 0) is 0 Å². The van der Waals surface area contributed by atoms with E-state index in [1.54, 1.807) is 24.8 Å². The van der Waals surface area contributed by atoms with Gasteiger partial charge in [-0.2, -0.15) is 20.4 Å². The van der Waals surface area contributed by atoms with Crippen molar-refractivity contribution >= 4 is 45.6 Å². The van der Waals surface area contributed by atoms with Gasteiger partial charge >= 0.3 is 0 Å². The maximum Gasteiger partial charge on any atom is 0.176 e. The average molecular weight is 418 g/mol. The Hall–Kier alpha value is -4.72. The van der Waals surface area contributed by atoms with Crippen molar-refractivity contribution < 1.29 is 0 Å². The molecule has 0 spiro atoms. The molecule has 5 aromatic rings. The topological polar surface area (TPSA) is 100 Å². The summed E-state index contributed by atoms with van der Waals surface area (Å²) in [7, 11) is 0. The predicted octanol–water partition coefficient (Wildman–Crippen LogP) is 4.47. The second-order valence-electron chi connectivity index (χ2n) is 6.97. The van der Waals surface area contributed by atoms with Crippen LogP contribution in [0, 0.1) is 0 Å². The van der Waals surface area contributed by atoms with E-state index in [4.69, 9.17) is 0 Å². The van der Waals surface area contributed by atoms with E-state index >= 15 is 0 Å². The zero-order valence-electron chi connectivity index (χ0n) is 16.9. The van der Waals surface area contributed by atoms with Gasteiger partial charge in [-0.25, -0.2) is 0 Å². The van der Waals surface area contributed by atoms with Crippen molar-refractivity contribution in [3.8, 4) is 0 Å². The fourth-order valence-electron chi connectivity index (χ4n) is 3.28. The maximum absolute atomic E-state index is 4.31. The van der Waals surface area contributed by atoms with E-state index < -0.39 is 0 Å². The molecule has 0 radical (unpaired) electrons. The van der Waals surface area contributed by atoms with Crippen LogP contribution in [0.4, 0.5) is 11.6 Å². The summed E-state index contributed by atoms with van der Waals surface area (Å²) >= 11 is 0. The third-order valence-corrected chi connectivity index (χ3v) is 4.82. The lowest BCUT2D eigenvalue weighted by Gasteiger charge is -2.03. The number of benzene rings is 3. The van der Waals surface area contributed by atoms with Gasteiger partial charge in [0.15, 0.2) is 11.6 Å². The molecule has 0 amide bonds. The van der Waals surface area contributed by atoms with E-state index in [2.05, 4.69) is 41.4 Å². The second-order valence-corrected chi connectivity index (χ2v) is 6.97. The Balaban J connectivity index is 1.28. The van der Waals surface area contributed by atoms with Gasteiger partial charge in [-0.3, -0.25) is 10.9 Å². The number of nitrogens with zero attached hydrogens (tertiary/aromatic N) is 6. The molecule has 2 heterocycles. The first-order valence-electron chi connectivity index (χ1n) is 9.96. The van der Waals surface area contributed by atoms with Crippen LogP contribution in [0.1, 0.15) is 11.1 Å². The summed E-state index contributed by atoms with van der Waals surface area (Å²) in [6, 6.07) is 23.6. The van der Waals surface area contributed by atoms with E-state index in [1.807, 2.05) is 72.8 Å². The Morgan fingerprint density at radius 3 is 1.62 bits per heavy atom. The first-order valence-corrected chi connectivity index (χ1v) is 9.96. The number of aromatic nitrogens is 4. The number of fused-ring (bicyclic) bond motifs is 2. The molecule has 32 heavy (non-hydrogen) atoms. The molecule has 0 fully saturated rings. The van der Waals surface area contributed by atoms with Gasteiger partial charge in [-0.1, -0.05) is 66.7 Å². The van der Waals surface area contributed by atoms with Gasteiger partial charge in [0.05, 0.1) is 24.8 Å². The summed E-state index contributed by atoms with van der Waals surface area (Å²) in [4.78, 5) is 0. The van der Waals surface area contributed by atoms with Gasteiger partial charge in [0.2, 0.25) is 0 Å². The van der Waals surface area contributed by atoms with Gasteiger partial charge in [-0.15, -0.1) is 10.2 Å². The SMILES string of the molecule is C(=N\Nc1nncc2ccccc12)/c1cccc(/C=N/Nc2nncc3ccccc23)c1. The molecule has 0 saturated heterocycles. The van der Waals surface area contributed by atoms with Gasteiger partial charge in [0.1, 0.15) is 0 Å². The molecule has 8 nitrogen and oxygen atoms in total. The highest BCUT2D eigenvalue weighted by atomic mass is 15.3. The van der Waals surface area contributed by atoms with Crippen molar-refractivity contribution in [1.29, 1.82) is 0 Å². The number of hydrazone groups is 2. The third kappa shape index (κ3) is 4.24. The number of rotatable bonds is 6. The predicted molar refractivity (Wildman–Crippen MR) is 128 cm³/mol. The van der Waals surface area contributed by atoms with Crippen LogP contribution in [0.3, 0.4) is 0 Å². The van der Waals surface area contributed by atoms with Crippen molar-refractivity contribution in [3.63, 3.8) is 0 Å². The quantitative estimate of drug-likeness (QED) is 0.312. The summed E-state index contributed by atoms with van der Waals surface area (Å²) in [5.41, 5.74) is 7.78.